The Hall–Kier alpha value is -1.63. The summed E-state index contributed by atoms with van der Waals surface area (Å²) in [5, 5.41) is 14.1. The number of hydrogen-bond acceptors (Lipinski definition) is 3. The number of nitro benzene ring substituents is 1. The van der Waals surface area contributed by atoms with Gasteiger partial charge in [0.2, 0.25) is 0 Å². The molecule has 1 unspecified atom stereocenters. The maximum Gasteiger partial charge on any atom is 0.270 e. The maximum atomic E-state index is 10.7. The van der Waals surface area contributed by atoms with Crippen molar-refractivity contribution in [3.05, 3.63) is 67.3 Å². The minimum absolute atomic E-state index is 0.133. The molecule has 0 aliphatic heterocycles. The first kappa shape index (κ1) is 13.4. The first-order valence-electron chi connectivity index (χ1n) is 6.41. The summed E-state index contributed by atoms with van der Waals surface area (Å²) in [6.07, 6.45) is 1.10. The highest BCUT2D eigenvalue weighted by Gasteiger charge is 2.25. The van der Waals surface area contributed by atoms with E-state index in [4.69, 9.17) is 0 Å². The fourth-order valence-electron chi connectivity index (χ4n) is 2.54. The molecule has 1 atom stereocenters. The van der Waals surface area contributed by atoms with Gasteiger partial charge in [-0.15, -0.1) is 0 Å². The van der Waals surface area contributed by atoms with Gasteiger partial charge in [-0.2, -0.15) is 0 Å². The van der Waals surface area contributed by atoms with E-state index in [0.29, 0.717) is 5.92 Å². The molecule has 1 aliphatic rings. The van der Waals surface area contributed by atoms with Gasteiger partial charge in [0.15, 0.2) is 0 Å². The number of benzene rings is 2. The van der Waals surface area contributed by atoms with Crippen molar-refractivity contribution >= 4 is 34.0 Å². The van der Waals surface area contributed by atoms with Crippen LogP contribution in [0.15, 0.2) is 42.5 Å². The number of nitro groups is 1. The van der Waals surface area contributed by atoms with Crippen molar-refractivity contribution in [3.8, 4) is 0 Å². The zero-order valence-electron chi connectivity index (χ0n) is 10.7. The van der Waals surface area contributed by atoms with Gasteiger partial charge in [-0.05, 0) is 46.2 Å². The summed E-state index contributed by atoms with van der Waals surface area (Å²) in [5.41, 5.74) is 3.93. The van der Waals surface area contributed by atoms with E-state index in [1.165, 1.54) is 11.1 Å². The summed E-state index contributed by atoms with van der Waals surface area (Å²) < 4.78 is 0.879. The van der Waals surface area contributed by atoms with Gasteiger partial charge < -0.3 is 5.32 Å². The van der Waals surface area contributed by atoms with Crippen molar-refractivity contribution in [2.45, 2.75) is 12.3 Å². The maximum absolute atomic E-state index is 10.7. The number of fused-ring (bicyclic) bond motifs is 1. The Morgan fingerprint density at radius 1 is 1.30 bits per heavy atom. The minimum Gasteiger partial charge on any atom is -0.384 e. The molecule has 3 rings (SSSR count). The highest BCUT2D eigenvalue weighted by molar-refractivity contribution is 14.1. The van der Waals surface area contributed by atoms with Crippen molar-refractivity contribution in [1.29, 1.82) is 0 Å². The van der Waals surface area contributed by atoms with Crippen molar-refractivity contribution in [2.75, 3.05) is 11.9 Å². The van der Waals surface area contributed by atoms with Crippen LogP contribution in [0, 0.1) is 13.7 Å². The second-order valence-corrected chi connectivity index (χ2v) is 6.06. The summed E-state index contributed by atoms with van der Waals surface area (Å²) in [4.78, 5) is 10.3. The lowest BCUT2D eigenvalue weighted by Gasteiger charge is -2.30. The Morgan fingerprint density at radius 2 is 2.10 bits per heavy atom. The Labute approximate surface area is 130 Å². The van der Waals surface area contributed by atoms with Gasteiger partial charge in [-0.1, -0.05) is 24.3 Å². The molecule has 0 bridgehead atoms. The summed E-state index contributed by atoms with van der Waals surface area (Å²) in [6, 6.07) is 13.4. The van der Waals surface area contributed by atoms with E-state index in [1.807, 2.05) is 0 Å². The number of anilines is 1. The van der Waals surface area contributed by atoms with Gasteiger partial charge in [-0.3, -0.25) is 10.1 Å². The van der Waals surface area contributed by atoms with E-state index in [-0.39, 0.29) is 10.6 Å². The SMILES string of the molecule is O=[N+]([O-])c1ccc(NCC2Cc3ccccc32)c(I)c1. The van der Waals surface area contributed by atoms with Crippen LogP contribution in [0.2, 0.25) is 0 Å². The average Bonchev–Trinajstić information content (AvgIpc) is 2.41. The highest BCUT2D eigenvalue weighted by atomic mass is 127. The molecule has 4 nitrogen and oxygen atoms in total. The monoisotopic (exact) mass is 380 g/mol. The first-order valence-corrected chi connectivity index (χ1v) is 7.48. The number of rotatable bonds is 4. The number of non-ortho nitro benzene ring substituents is 1. The molecule has 1 N–H and O–H groups in total. The van der Waals surface area contributed by atoms with E-state index in [2.05, 4.69) is 52.2 Å². The van der Waals surface area contributed by atoms with Gasteiger partial charge in [-0.25, -0.2) is 0 Å². The second kappa shape index (κ2) is 5.40. The quantitative estimate of drug-likeness (QED) is 0.497. The molecular formula is C15H13IN2O2. The average molecular weight is 380 g/mol. The molecule has 1 aliphatic carbocycles. The van der Waals surface area contributed by atoms with Gasteiger partial charge in [0.05, 0.1) is 4.92 Å². The van der Waals surface area contributed by atoms with E-state index in [9.17, 15) is 10.1 Å². The Balaban J connectivity index is 1.67. The molecule has 0 aromatic heterocycles. The third kappa shape index (κ3) is 2.49. The summed E-state index contributed by atoms with van der Waals surface area (Å²) in [6.45, 7) is 0.866. The van der Waals surface area contributed by atoms with Crippen molar-refractivity contribution in [1.82, 2.24) is 0 Å². The van der Waals surface area contributed by atoms with Crippen LogP contribution >= 0.6 is 22.6 Å². The largest absolute Gasteiger partial charge is 0.384 e. The fourth-order valence-corrected chi connectivity index (χ4v) is 3.23. The molecular weight excluding hydrogens is 367 g/mol. The third-order valence-corrected chi connectivity index (χ3v) is 4.56. The lowest BCUT2D eigenvalue weighted by Crippen LogP contribution is -2.24. The van der Waals surface area contributed by atoms with Crippen molar-refractivity contribution < 1.29 is 4.92 Å². The van der Waals surface area contributed by atoms with Gasteiger partial charge >= 0.3 is 0 Å². The van der Waals surface area contributed by atoms with Crippen LogP contribution in [-0.4, -0.2) is 11.5 Å². The van der Waals surface area contributed by atoms with Crippen LogP contribution in [0.25, 0.3) is 0 Å². The number of nitrogens with zero attached hydrogens (tertiary/aromatic N) is 1. The zero-order chi connectivity index (χ0) is 14.1. The van der Waals surface area contributed by atoms with Crippen LogP contribution in [0.3, 0.4) is 0 Å². The lowest BCUT2D eigenvalue weighted by molar-refractivity contribution is -0.384. The Bertz CT molecular complexity index is 673. The van der Waals surface area contributed by atoms with Crippen LogP contribution < -0.4 is 5.32 Å². The first-order chi connectivity index (χ1) is 9.65. The summed E-state index contributed by atoms with van der Waals surface area (Å²) in [7, 11) is 0. The predicted molar refractivity (Wildman–Crippen MR) is 87.2 cm³/mol. The summed E-state index contributed by atoms with van der Waals surface area (Å²) >= 11 is 2.13. The molecule has 102 valence electrons. The molecule has 20 heavy (non-hydrogen) atoms. The number of halogens is 1. The molecule has 0 amide bonds. The van der Waals surface area contributed by atoms with Crippen LogP contribution in [0.4, 0.5) is 11.4 Å². The van der Waals surface area contributed by atoms with Crippen molar-refractivity contribution in [2.24, 2.45) is 0 Å². The molecule has 0 radical (unpaired) electrons. The van der Waals surface area contributed by atoms with Gasteiger partial charge in [0, 0.05) is 33.9 Å². The fraction of sp³-hybridized carbons (Fsp3) is 0.200. The summed E-state index contributed by atoms with van der Waals surface area (Å²) in [5.74, 6) is 0.539. The molecule has 0 saturated heterocycles. The van der Waals surface area contributed by atoms with E-state index in [0.717, 1.165) is 22.2 Å². The zero-order valence-corrected chi connectivity index (χ0v) is 12.8. The van der Waals surface area contributed by atoms with Crippen LogP contribution in [-0.2, 0) is 6.42 Å². The molecule has 0 spiro atoms. The molecule has 0 heterocycles. The standard InChI is InChI=1S/C15H13IN2O2/c16-14-8-12(18(19)20)5-6-15(14)17-9-11-7-10-3-1-2-4-13(10)11/h1-6,8,11,17H,7,9H2. The number of nitrogens with one attached hydrogen (secondary N) is 1. The Kier molecular flexibility index (Phi) is 3.60. The molecule has 5 heteroatoms. The number of hydrogen-bond donors (Lipinski definition) is 1. The van der Waals surface area contributed by atoms with E-state index in [1.54, 1.807) is 18.2 Å². The van der Waals surface area contributed by atoms with Crippen LogP contribution in [0.5, 0.6) is 0 Å². The smallest absolute Gasteiger partial charge is 0.270 e. The van der Waals surface area contributed by atoms with Crippen LogP contribution in [0.1, 0.15) is 17.0 Å². The highest BCUT2D eigenvalue weighted by Crippen LogP contribution is 2.35. The van der Waals surface area contributed by atoms with E-state index >= 15 is 0 Å². The van der Waals surface area contributed by atoms with Gasteiger partial charge in [0.1, 0.15) is 0 Å². The second-order valence-electron chi connectivity index (χ2n) is 4.90. The Morgan fingerprint density at radius 3 is 2.80 bits per heavy atom. The predicted octanol–water partition coefficient (Wildman–Crippen LogP) is 3.95. The topological polar surface area (TPSA) is 55.2 Å². The van der Waals surface area contributed by atoms with E-state index < -0.39 is 0 Å². The minimum atomic E-state index is -0.367. The third-order valence-electron chi connectivity index (χ3n) is 3.66. The van der Waals surface area contributed by atoms with Gasteiger partial charge in [0.25, 0.3) is 5.69 Å². The lowest BCUT2D eigenvalue weighted by atomic mass is 9.77. The van der Waals surface area contributed by atoms with Crippen molar-refractivity contribution in [3.63, 3.8) is 0 Å². The molecule has 0 saturated carbocycles. The molecule has 0 fully saturated rings. The normalized spacial score (nSPS) is 16.1. The molecule has 2 aromatic rings. The molecule has 2 aromatic carbocycles.